The van der Waals surface area contributed by atoms with Gasteiger partial charge >= 0.3 is 0 Å². The lowest BCUT2D eigenvalue weighted by Gasteiger charge is -2.46. The summed E-state index contributed by atoms with van der Waals surface area (Å²) in [5.41, 5.74) is 2.87. The van der Waals surface area contributed by atoms with Crippen molar-refractivity contribution in [2.75, 3.05) is 13.1 Å². The van der Waals surface area contributed by atoms with Gasteiger partial charge in [0.25, 0.3) is 0 Å². The minimum absolute atomic E-state index is 0.0259. The van der Waals surface area contributed by atoms with Crippen LogP contribution in [0.5, 0.6) is 5.88 Å². The Balaban J connectivity index is 1.61. The molecule has 2 aromatic rings. The van der Waals surface area contributed by atoms with E-state index in [-0.39, 0.29) is 11.3 Å². The molecule has 4 rings (SSSR count). The first kappa shape index (κ1) is 15.9. The lowest BCUT2D eigenvalue weighted by molar-refractivity contribution is 0.129. The van der Waals surface area contributed by atoms with E-state index in [4.69, 9.17) is 10.1 Å². The number of aromatic nitrogens is 2. The summed E-state index contributed by atoms with van der Waals surface area (Å²) in [6.07, 6.45) is 1.66. The third-order valence-corrected chi connectivity index (χ3v) is 5.56. The van der Waals surface area contributed by atoms with E-state index in [1.165, 1.54) is 5.56 Å². The zero-order valence-electron chi connectivity index (χ0n) is 14.2. The second-order valence-electron chi connectivity index (χ2n) is 6.98. The third-order valence-electron chi connectivity index (χ3n) is 5.56. The number of hydrogen-bond donors (Lipinski definition) is 2. The fraction of sp³-hybridized carbons (Fsp3) is 0.421. The molecule has 0 amide bonds. The van der Waals surface area contributed by atoms with Crippen LogP contribution in [-0.2, 0) is 12.0 Å². The Labute approximate surface area is 146 Å². The number of nitriles is 1. The Morgan fingerprint density at radius 3 is 2.76 bits per heavy atom. The Kier molecular flexibility index (Phi) is 3.81. The Bertz CT molecular complexity index is 827. The number of hydrogen-bond acceptors (Lipinski definition) is 5. The van der Waals surface area contributed by atoms with Gasteiger partial charge in [0.1, 0.15) is 5.92 Å². The van der Waals surface area contributed by atoms with Crippen LogP contribution in [0.2, 0.25) is 0 Å². The van der Waals surface area contributed by atoms with E-state index < -0.39 is 5.92 Å². The molecule has 1 saturated heterocycles. The molecular formula is C19H21N5O. The molecule has 0 aliphatic carbocycles. The van der Waals surface area contributed by atoms with Gasteiger partial charge in [-0.3, -0.25) is 15.4 Å². The number of nitrogens with one attached hydrogen (secondary N) is 2. The largest absolute Gasteiger partial charge is 0.422 e. The van der Waals surface area contributed by atoms with E-state index in [0.717, 1.165) is 43.7 Å². The molecule has 1 unspecified atom stereocenters. The van der Waals surface area contributed by atoms with E-state index in [1.54, 1.807) is 0 Å². The number of aryl methyl sites for hydroxylation is 1. The van der Waals surface area contributed by atoms with E-state index in [1.807, 2.05) is 13.0 Å². The number of rotatable bonds is 2. The van der Waals surface area contributed by atoms with Gasteiger partial charge < -0.3 is 4.74 Å². The maximum Gasteiger partial charge on any atom is 0.243 e. The van der Waals surface area contributed by atoms with Crippen LogP contribution >= 0.6 is 0 Å². The van der Waals surface area contributed by atoms with Crippen molar-refractivity contribution >= 4 is 5.90 Å². The first-order chi connectivity index (χ1) is 12.1. The highest BCUT2D eigenvalue weighted by Crippen LogP contribution is 2.49. The summed E-state index contributed by atoms with van der Waals surface area (Å²) in [6.45, 7) is 4.67. The Morgan fingerprint density at radius 1 is 1.36 bits per heavy atom. The van der Waals surface area contributed by atoms with Gasteiger partial charge in [-0.1, -0.05) is 30.3 Å². The van der Waals surface area contributed by atoms with Crippen molar-refractivity contribution < 1.29 is 4.74 Å². The van der Waals surface area contributed by atoms with E-state index in [9.17, 15) is 5.26 Å². The normalized spacial score (nSPS) is 22.2. The molecule has 1 aromatic heterocycles. The third kappa shape index (κ3) is 2.52. The smallest absolute Gasteiger partial charge is 0.243 e. The van der Waals surface area contributed by atoms with Gasteiger partial charge in [0.2, 0.25) is 11.8 Å². The average molecular weight is 335 g/mol. The van der Waals surface area contributed by atoms with Crippen LogP contribution in [0.15, 0.2) is 30.3 Å². The lowest BCUT2D eigenvalue weighted by atomic mass is 9.63. The summed E-state index contributed by atoms with van der Waals surface area (Å²) >= 11 is 0. The minimum Gasteiger partial charge on any atom is -0.422 e. The summed E-state index contributed by atoms with van der Waals surface area (Å²) in [4.78, 5) is 2.42. The highest BCUT2D eigenvalue weighted by molar-refractivity contribution is 5.85. The number of benzene rings is 1. The van der Waals surface area contributed by atoms with E-state index in [0.29, 0.717) is 5.88 Å². The van der Waals surface area contributed by atoms with Gasteiger partial charge in [-0.2, -0.15) is 5.26 Å². The van der Waals surface area contributed by atoms with Crippen LogP contribution in [0.1, 0.15) is 29.7 Å². The molecular weight excluding hydrogens is 314 g/mol. The van der Waals surface area contributed by atoms with Gasteiger partial charge in [-0.25, -0.2) is 0 Å². The van der Waals surface area contributed by atoms with Crippen LogP contribution in [0.25, 0.3) is 0 Å². The maximum atomic E-state index is 9.72. The van der Waals surface area contributed by atoms with Crippen LogP contribution in [0.4, 0.5) is 0 Å². The molecule has 0 saturated carbocycles. The number of aromatic amines is 1. The highest BCUT2D eigenvalue weighted by Gasteiger charge is 2.52. The molecule has 25 heavy (non-hydrogen) atoms. The SMILES string of the molecule is Cc1[nH]nc2c1C1(CCN(Cc3ccccc3)CC1)C(C#N)C(=N)O2. The first-order valence-corrected chi connectivity index (χ1v) is 8.62. The highest BCUT2D eigenvalue weighted by atomic mass is 16.5. The van der Waals surface area contributed by atoms with Crippen molar-refractivity contribution in [2.24, 2.45) is 5.92 Å². The van der Waals surface area contributed by atoms with Crippen LogP contribution in [0, 0.1) is 29.6 Å². The van der Waals surface area contributed by atoms with Gasteiger partial charge in [0.05, 0.1) is 6.07 Å². The maximum absolute atomic E-state index is 9.72. The first-order valence-electron chi connectivity index (χ1n) is 8.62. The topological polar surface area (TPSA) is 88.8 Å². The van der Waals surface area contributed by atoms with Crippen molar-refractivity contribution in [3.05, 3.63) is 47.2 Å². The molecule has 3 heterocycles. The molecule has 6 nitrogen and oxygen atoms in total. The second kappa shape index (κ2) is 6.01. The summed E-state index contributed by atoms with van der Waals surface area (Å²) in [5, 5.41) is 25.1. The van der Waals surface area contributed by atoms with Gasteiger partial charge in [0.15, 0.2) is 0 Å². The minimum atomic E-state index is -0.546. The van der Waals surface area contributed by atoms with E-state index in [2.05, 4.69) is 45.4 Å². The van der Waals surface area contributed by atoms with Gasteiger partial charge in [0, 0.05) is 23.2 Å². The summed E-state index contributed by atoms with van der Waals surface area (Å²) in [7, 11) is 0. The van der Waals surface area contributed by atoms with Crippen molar-refractivity contribution in [3.63, 3.8) is 0 Å². The quantitative estimate of drug-likeness (QED) is 0.883. The molecule has 1 fully saturated rings. The van der Waals surface area contributed by atoms with Crippen molar-refractivity contribution in [3.8, 4) is 11.9 Å². The average Bonchev–Trinajstić information content (AvgIpc) is 2.99. The number of likely N-dealkylation sites (tertiary alicyclic amines) is 1. The molecule has 1 aromatic carbocycles. The molecule has 0 bridgehead atoms. The standard InChI is InChI=1S/C19H21N5O/c1-13-16-18(23-22-13)25-17(21)15(11-20)19(16)7-9-24(10-8-19)12-14-5-3-2-4-6-14/h2-6,15,21H,7-10,12H2,1H3,(H,22,23). The number of piperidine rings is 1. The molecule has 128 valence electrons. The number of ether oxygens (including phenoxy) is 1. The summed E-state index contributed by atoms with van der Waals surface area (Å²) in [5.74, 6) is -0.0429. The molecule has 0 radical (unpaired) electrons. The molecule has 1 spiro atoms. The van der Waals surface area contributed by atoms with Crippen LogP contribution in [-0.4, -0.2) is 34.1 Å². The second-order valence-corrected chi connectivity index (χ2v) is 6.98. The van der Waals surface area contributed by atoms with E-state index >= 15 is 0 Å². The van der Waals surface area contributed by atoms with Crippen molar-refractivity contribution in [2.45, 2.75) is 31.7 Å². The predicted octanol–water partition coefficient (Wildman–Crippen LogP) is 2.76. The van der Waals surface area contributed by atoms with Crippen molar-refractivity contribution in [1.29, 1.82) is 10.7 Å². The summed E-state index contributed by atoms with van der Waals surface area (Å²) in [6, 6.07) is 12.8. The monoisotopic (exact) mass is 335 g/mol. The fourth-order valence-corrected chi connectivity index (χ4v) is 4.30. The Morgan fingerprint density at radius 2 is 2.08 bits per heavy atom. The fourth-order valence-electron chi connectivity index (χ4n) is 4.30. The predicted molar refractivity (Wildman–Crippen MR) is 93.4 cm³/mol. The number of H-pyrrole nitrogens is 1. The van der Waals surface area contributed by atoms with Gasteiger partial charge in [-0.05, 0) is 38.4 Å². The zero-order chi connectivity index (χ0) is 17.4. The molecule has 2 aliphatic rings. The Hall–Kier alpha value is -2.65. The zero-order valence-corrected chi connectivity index (χ0v) is 14.2. The van der Waals surface area contributed by atoms with Crippen LogP contribution < -0.4 is 4.74 Å². The molecule has 2 aliphatic heterocycles. The summed E-state index contributed by atoms with van der Waals surface area (Å²) < 4.78 is 5.51. The van der Waals surface area contributed by atoms with Crippen molar-refractivity contribution in [1.82, 2.24) is 15.1 Å². The lowest BCUT2D eigenvalue weighted by Crippen LogP contribution is -2.51. The van der Waals surface area contributed by atoms with Gasteiger partial charge in [-0.15, -0.1) is 5.10 Å². The van der Waals surface area contributed by atoms with Crippen LogP contribution in [0.3, 0.4) is 0 Å². The number of fused-ring (bicyclic) bond motifs is 2. The molecule has 2 N–H and O–H groups in total. The molecule has 1 atom stereocenters. The number of nitrogens with zero attached hydrogens (tertiary/aromatic N) is 3. The molecule has 6 heteroatoms.